The molecule has 1 N–H and O–H groups in total. The van der Waals surface area contributed by atoms with E-state index in [1.54, 1.807) is 19.4 Å². The molecule has 0 spiro atoms. The lowest BCUT2D eigenvalue weighted by molar-refractivity contribution is -0.138. The molecule has 2 saturated heterocycles. The van der Waals surface area contributed by atoms with Crippen LogP contribution in [0.15, 0.2) is 48.7 Å². The number of carbonyl (C=O) groups is 1. The van der Waals surface area contributed by atoms with Crippen LogP contribution < -0.4 is 9.64 Å². The molecule has 1 aliphatic carbocycles. The quantitative estimate of drug-likeness (QED) is 0.407. The van der Waals surface area contributed by atoms with Crippen molar-refractivity contribution in [2.75, 3.05) is 51.3 Å². The molecular weight excluding hydrogens is 587 g/mol. The lowest BCUT2D eigenvalue weighted by atomic mass is 9.77. The number of piperazine rings is 1. The summed E-state index contributed by atoms with van der Waals surface area (Å²) in [4.78, 5) is 24.6. The van der Waals surface area contributed by atoms with Crippen LogP contribution in [-0.4, -0.2) is 88.4 Å². The van der Waals surface area contributed by atoms with Crippen LogP contribution in [0.5, 0.6) is 5.88 Å². The minimum Gasteiger partial charge on any atom is -0.481 e. The Morgan fingerprint density at radius 3 is 2.33 bits per heavy atom. The van der Waals surface area contributed by atoms with Gasteiger partial charge in [0.1, 0.15) is 0 Å². The molecule has 3 aliphatic rings. The topological polar surface area (TPSA) is 94.9 Å². The summed E-state index contributed by atoms with van der Waals surface area (Å²) in [6.45, 7) is 4.61. The van der Waals surface area contributed by atoms with Gasteiger partial charge in [-0.1, -0.05) is 23.2 Å². The SMILES string of the molecule is COc1ccc(C2(O)CCC(N3CCCC(C(=O)N4CCN(c5ccc(-c6cc(Cl)cc(Cl)c6)nn5)CC4)C3)CC2)cn1. The van der Waals surface area contributed by atoms with Gasteiger partial charge in [-0.2, -0.15) is 0 Å². The fourth-order valence-electron chi connectivity index (χ4n) is 6.81. The van der Waals surface area contributed by atoms with Gasteiger partial charge in [-0.15, -0.1) is 10.2 Å². The minimum absolute atomic E-state index is 0.0236. The Balaban J connectivity index is 0.998. The van der Waals surface area contributed by atoms with Crippen molar-refractivity contribution in [2.24, 2.45) is 5.92 Å². The van der Waals surface area contributed by atoms with Crippen molar-refractivity contribution >= 4 is 34.9 Å². The van der Waals surface area contributed by atoms with Crippen molar-refractivity contribution < 1.29 is 14.6 Å². The molecule has 1 aromatic carbocycles. The van der Waals surface area contributed by atoms with Gasteiger partial charge in [0, 0.05) is 72.2 Å². The first-order valence-corrected chi connectivity index (χ1v) is 15.9. The number of ether oxygens (including phenoxy) is 1. The summed E-state index contributed by atoms with van der Waals surface area (Å²) >= 11 is 12.3. The van der Waals surface area contributed by atoms with Crippen molar-refractivity contribution in [3.8, 4) is 17.1 Å². The highest BCUT2D eigenvalue weighted by Crippen LogP contribution is 2.39. The van der Waals surface area contributed by atoms with Crippen molar-refractivity contribution in [1.82, 2.24) is 25.0 Å². The molecular formula is C32H38Cl2N6O3. The van der Waals surface area contributed by atoms with E-state index in [4.69, 9.17) is 27.9 Å². The second-order valence-corrected chi connectivity index (χ2v) is 12.8. The van der Waals surface area contributed by atoms with Crippen LogP contribution in [0, 0.1) is 5.92 Å². The van der Waals surface area contributed by atoms with E-state index in [0.29, 0.717) is 53.6 Å². The molecule has 2 aromatic heterocycles. The Hall–Kier alpha value is -2.98. The summed E-state index contributed by atoms with van der Waals surface area (Å²) < 4.78 is 5.16. The largest absolute Gasteiger partial charge is 0.481 e. The van der Waals surface area contributed by atoms with E-state index in [1.807, 2.05) is 41.3 Å². The molecule has 11 heteroatoms. The molecule has 6 rings (SSSR count). The van der Waals surface area contributed by atoms with Gasteiger partial charge < -0.3 is 19.6 Å². The number of benzene rings is 1. The van der Waals surface area contributed by atoms with Crippen LogP contribution in [0.2, 0.25) is 10.0 Å². The van der Waals surface area contributed by atoms with E-state index >= 15 is 0 Å². The highest BCUT2D eigenvalue weighted by molar-refractivity contribution is 6.35. The number of hydrogen-bond acceptors (Lipinski definition) is 8. The van der Waals surface area contributed by atoms with Crippen LogP contribution in [0.3, 0.4) is 0 Å². The Morgan fingerprint density at radius 2 is 1.70 bits per heavy atom. The van der Waals surface area contributed by atoms with Gasteiger partial charge in [-0.05, 0) is 81.5 Å². The van der Waals surface area contributed by atoms with Crippen molar-refractivity contribution in [3.63, 3.8) is 0 Å². The normalized spacial score (nSPS) is 25.0. The molecule has 0 radical (unpaired) electrons. The number of hydrogen-bond donors (Lipinski definition) is 1. The van der Waals surface area contributed by atoms with Gasteiger partial charge in [0.25, 0.3) is 0 Å². The first kappa shape index (κ1) is 30.1. The molecule has 228 valence electrons. The van der Waals surface area contributed by atoms with Gasteiger partial charge in [0.2, 0.25) is 11.8 Å². The monoisotopic (exact) mass is 624 g/mol. The summed E-state index contributed by atoms with van der Waals surface area (Å²) in [6.07, 6.45) is 6.90. The second-order valence-electron chi connectivity index (χ2n) is 11.9. The van der Waals surface area contributed by atoms with Crippen molar-refractivity contribution in [3.05, 3.63) is 64.3 Å². The Bertz CT molecular complexity index is 1390. The van der Waals surface area contributed by atoms with Gasteiger partial charge in [0.05, 0.1) is 24.3 Å². The number of carbonyl (C=O) groups excluding carboxylic acids is 1. The van der Waals surface area contributed by atoms with E-state index in [2.05, 4.69) is 25.0 Å². The number of nitrogens with zero attached hydrogens (tertiary/aromatic N) is 6. The van der Waals surface area contributed by atoms with Crippen molar-refractivity contribution in [2.45, 2.75) is 50.2 Å². The summed E-state index contributed by atoms with van der Waals surface area (Å²) in [5, 5.41) is 21.3. The first-order valence-electron chi connectivity index (χ1n) is 15.1. The molecule has 4 heterocycles. The van der Waals surface area contributed by atoms with E-state index in [1.165, 1.54) is 0 Å². The average Bonchev–Trinajstić information content (AvgIpc) is 3.04. The third-order valence-corrected chi connectivity index (χ3v) is 9.74. The molecule has 1 amide bonds. The smallest absolute Gasteiger partial charge is 0.227 e. The van der Waals surface area contributed by atoms with E-state index in [-0.39, 0.29) is 11.8 Å². The number of anilines is 1. The predicted octanol–water partition coefficient (Wildman–Crippen LogP) is 5.05. The van der Waals surface area contributed by atoms with Crippen LogP contribution in [-0.2, 0) is 10.4 Å². The Morgan fingerprint density at radius 1 is 0.953 bits per heavy atom. The standard InChI is InChI=1S/C32H38Cl2N6O3/c1-43-30-7-4-24(20-35-30)32(42)10-8-27(9-11-32)40-12-2-3-22(21-40)31(41)39-15-13-38(14-16-39)29-6-5-28(36-37-29)23-17-25(33)19-26(34)18-23/h4-7,17-20,22,27,42H,2-3,8-16,21H2,1H3. The maximum Gasteiger partial charge on any atom is 0.227 e. The van der Waals surface area contributed by atoms with Gasteiger partial charge >= 0.3 is 0 Å². The minimum atomic E-state index is -0.853. The van der Waals surface area contributed by atoms with E-state index in [9.17, 15) is 9.90 Å². The third kappa shape index (κ3) is 6.75. The average molecular weight is 626 g/mol. The lowest BCUT2D eigenvalue weighted by Gasteiger charge is -2.44. The maximum atomic E-state index is 13.6. The zero-order chi connectivity index (χ0) is 30.0. The molecule has 0 bridgehead atoms. The van der Waals surface area contributed by atoms with Gasteiger partial charge in [-0.25, -0.2) is 4.98 Å². The van der Waals surface area contributed by atoms with Gasteiger partial charge in [-0.3, -0.25) is 9.69 Å². The number of aromatic nitrogens is 3. The number of pyridine rings is 1. The number of amides is 1. The Kier molecular flexibility index (Phi) is 9.05. The first-order chi connectivity index (χ1) is 20.8. The number of halogens is 2. The summed E-state index contributed by atoms with van der Waals surface area (Å²) in [5.74, 6) is 1.64. The fraction of sp³-hybridized carbons (Fsp3) is 0.500. The second kappa shape index (κ2) is 12.9. The maximum absolute atomic E-state index is 13.6. The molecule has 1 saturated carbocycles. The number of rotatable bonds is 6. The molecule has 1 atom stereocenters. The fourth-order valence-corrected chi connectivity index (χ4v) is 7.34. The van der Waals surface area contributed by atoms with E-state index in [0.717, 1.165) is 68.8 Å². The zero-order valence-electron chi connectivity index (χ0n) is 24.5. The number of piperidine rings is 1. The van der Waals surface area contributed by atoms with Gasteiger partial charge in [0.15, 0.2) is 5.82 Å². The molecule has 2 aliphatic heterocycles. The van der Waals surface area contributed by atoms with Crippen LogP contribution in [0.4, 0.5) is 5.82 Å². The summed E-state index contributed by atoms with van der Waals surface area (Å²) in [6, 6.07) is 13.3. The Labute approximate surface area is 262 Å². The molecule has 3 aromatic rings. The molecule has 43 heavy (non-hydrogen) atoms. The highest BCUT2D eigenvalue weighted by atomic mass is 35.5. The van der Waals surface area contributed by atoms with Crippen LogP contribution >= 0.6 is 23.2 Å². The van der Waals surface area contributed by atoms with Crippen LogP contribution in [0.25, 0.3) is 11.3 Å². The molecule has 3 fully saturated rings. The summed E-state index contributed by atoms with van der Waals surface area (Å²) in [5.41, 5.74) is 1.54. The number of methoxy groups -OCH3 is 1. The number of aliphatic hydroxyl groups is 1. The third-order valence-electron chi connectivity index (χ3n) is 9.31. The summed E-state index contributed by atoms with van der Waals surface area (Å²) in [7, 11) is 1.59. The van der Waals surface area contributed by atoms with Crippen molar-refractivity contribution in [1.29, 1.82) is 0 Å². The van der Waals surface area contributed by atoms with E-state index < -0.39 is 5.60 Å². The molecule has 1 unspecified atom stereocenters. The highest BCUT2D eigenvalue weighted by Gasteiger charge is 2.39. The number of likely N-dealkylation sites (tertiary alicyclic amines) is 1. The lowest BCUT2D eigenvalue weighted by Crippen LogP contribution is -2.54. The zero-order valence-corrected chi connectivity index (χ0v) is 26.0. The molecule has 9 nitrogen and oxygen atoms in total. The van der Waals surface area contributed by atoms with Crippen LogP contribution in [0.1, 0.15) is 44.1 Å². The predicted molar refractivity (Wildman–Crippen MR) is 168 cm³/mol.